The van der Waals surface area contributed by atoms with Crippen molar-refractivity contribution in [2.75, 3.05) is 0 Å². The Balaban J connectivity index is 2.27. The minimum Gasteiger partial charge on any atom is -0.458 e. The third-order valence-electron chi connectivity index (χ3n) is 3.42. The molecule has 1 saturated heterocycles. The normalized spacial score (nSPS) is 40.7. The summed E-state index contributed by atoms with van der Waals surface area (Å²) in [4.78, 5) is 11.7. The zero-order valence-electron chi connectivity index (χ0n) is 8.08. The lowest BCUT2D eigenvalue weighted by Gasteiger charge is -2.38. The first-order chi connectivity index (χ1) is 6.27. The molecule has 1 aliphatic carbocycles. The van der Waals surface area contributed by atoms with Crippen molar-refractivity contribution in [3.63, 3.8) is 0 Å². The van der Waals surface area contributed by atoms with Crippen molar-refractivity contribution in [2.45, 2.75) is 45.1 Å². The lowest BCUT2D eigenvalue weighted by molar-refractivity contribution is -0.168. The molecule has 0 unspecified atom stereocenters. The highest BCUT2D eigenvalue weighted by atomic mass is 16.5. The molecular formula is C11H16O2. The fourth-order valence-electron chi connectivity index (χ4n) is 2.31. The number of carbonyl (C=O) groups excluding carboxylic acids is 1. The van der Waals surface area contributed by atoms with Crippen LogP contribution in [0.4, 0.5) is 0 Å². The molecule has 3 rings (SSSR count). The number of hydrogen-bond donors (Lipinski definition) is 0. The van der Waals surface area contributed by atoms with Crippen LogP contribution in [-0.4, -0.2) is 12.1 Å². The van der Waals surface area contributed by atoms with Crippen molar-refractivity contribution in [1.82, 2.24) is 0 Å². The Kier molecular flexibility index (Phi) is 2.14. The van der Waals surface area contributed by atoms with E-state index in [1.165, 1.54) is 0 Å². The quantitative estimate of drug-likeness (QED) is 0.457. The van der Waals surface area contributed by atoms with Gasteiger partial charge in [-0.2, -0.15) is 0 Å². The SMILES string of the molecule is CC[C@@]12CC/C=C\[C@@H](CC1)OC2=O. The van der Waals surface area contributed by atoms with E-state index in [1.807, 2.05) is 6.08 Å². The van der Waals surface area contributed by atoms with Gasteiger partial charge in [0.15, 0.2) is 0 Å². The maximum Gasteiger partial charge on any atom is 0.312 e. The van der Waals surface area contributed by atoms with Gasteiger partial charge in [-0.25, -0.2) is 0 Å². The minimum absolute atomic E-state index is 0.0376. The molecule has 0 amide bonds. The van der Waals surface area contributed by atoms with Gasteiger partial charge in [0, 0.05) is 0 Å². The average molecular weight is 180 g/mol. The fourth-order valence-corrected chi connectivity index (χ4v) is 2.31. The summed E-state index contributed by atoms with van der Waals surface area (Å²) in [5.41, 5.74) is -0.152. The molecule has 0 aromatic rings. The van der Waals surface area contributed by atoms with Gasteiger partial charge in [-0.1, -0.05) is 13.0 Å². The Bertz CT molecular complexity index is 244. The van der Waals surface area contributed by atoms with Crippen molar-refractivity contribution < 1.29 is 9.53 Å². The van der Waals surface area contributed by atoms with E-state index in [0.717, 1.165) is 32.1 Å². The Hall–Kier alpha value is -0.790. The molecule has 1 fully saturated rings. The highest BCUT2D eigenvalue weighted by Gasteiger charge is 2.42. The topological polar surface area (TPSA) is 26.3 Å². The maximum atomic E-state index is 11.7. The number of carbonyl (C=O) groups is 1. The second-order valence-corrected chi connectivity index (χ2v) is 4.08. The number of hydrogen-bond acceptors (Lipinski definition) is 2. The number of rotatable bonds is 1. The Labute approximate surface area is 79.0 Å². The number of allylic oxidation sites excluding steroid dienone is 1. The third kappa shape index (κ3) is 1.38. The van der Waals surface area contributed by atoms with Crippen LogP contribution < -0.4 is 0 Å². The molecule has 2 bridgehead atoms. The second kappa shape index (κ2) is 3.17. The molecule has 0 N–H and O–H groups in total. The first kappa shape index (κ1) is 8.79. The van der Waals surface area contributed by atoms with Crippen LogP contribution in [0.1, 0.15) is 39.0 Å². The van der Waals surface area contributed by atoms with Crippen molar-refractivity contribution in [3.05, 3.63) is 12.2 Å². The predicted octanol–water partition coefficient (Wildman–Crippen LogP) is 2.44. The van der Waals surface area contributed by atoms with E-state index in [0.29, 0.717) is 0 Å². The Morgan fingerprint density at radius 2 is 2.46 bits per heavy atom. The predicted molar refractivity (Wildman–Crippen MR) is 50.2 cm³/mol. The smallest absolute Gasteiger partial charge is 0.312 e. The Morgan fingerprint density at radius 3 is 3.15 bits per heavy atom. The monoisotopic (exact) mass is 180 g/mol. The van der Waals surface area contributed by atoms with E-state index in [1.54, 1.807) is 0 Å². The van der Waals surface area contributed by atoms with Gasteiger partial charge in [0.1, 0.15) is 6.10 Å². The lowest BCUT2D eigenvalue weighted by Crippen LogP contribution is -2.41. The van der Waals surface area contributed by atoms with Gasteiger partial charge >= 0.3 is 5.97 Å². The highest BCUT2D eigenvalue weighted by Crippen LogP contribution is 2.41. The zero-order valence-corrected chi connectivity index (χ0v) is 8.08. The summed E-state index contributed by atoms with van der Waals surface area (Å²) in [5.74, 6) is 0.0376. The maximum absolute atomic E-state index is 11.7. The number of ether oxygens (including phenoxy) is 1. The van der Waals surface area contributed by atoms with Crippen LogP contribution in [0.15, 0.2) is 12.2 Å². The van der Waals surface area contributed by atoms with Gasteiger partial charge in [-0.3, -0.25) is 4.79 Å². The van der Waals surface area contributed by atoms with Crippen molar-refractivity contribution in [2.24, 2.45) is 5.41 Å². The number of esters is 1. The summed E-state index contributed by atoms with van der Waals surface area (Å²) in [5, 5.41) is 0. The summed E-state index contributed by atoms with van der Waals surface area (Å²) >= 11 is 0. The van der Waals surface area contributed by atoms with E-state index < -0.39 is 0 Å². The molecule has 0 spiro atoms. The van der Waals surface area contributed by atoms with E-state index in [4.69, 9.17) is 4.74 Å². The summed E-state index contributed by atoms with van der Waals surface area (Å²) in [6.45, 7) is 2.09. The van der Waals surface area contributed by atoms with Gasteiger partial charge in [0.05, 0.1) is 5.41 Å². The standard InChI is InChI=1S/C11H16O2/c1-2-11-7-4-3-5-9(6-8-11)13-10(11)12/h3,5,9H,2,4,6-8H2,1H3/b5-3-/t9-,11+/m0/s1. The molecule has 3 aliphatic rings. The molecule has 0 radical (unpaired) electrons. The molecule has 72 valence electrons. The lowest BCUT2D eigenvalue weighted by atomic mass is 9.73. The average Bonchev–Trinajstić information content (AvgIpc) is 2.10. The van der Waals surface area contributed by atoms with Crippen LogP contribution in [0.25, 0.3) is 0 Å². The number of fused-ring (bicyclic) bond motifs is 4. The molecule has 2 heteroatoms. The molecule has 2 heterocycles. The first-order valence-electron chi connectivity index (χ1n) is 5.14. The third-order valence-corrected chi connectivity index (χ3v) is 3.42. The van der Waals surface area contributed by atoms with Crippen LogP contribution in [0.3, 0.4) is 0 Å². The zero-order chi connectivity index (χ0) is 9.31. The van der Waals surface area contributed by atoms with Crippen LogP contribution >= 0.6 is 0 Å². The van der Waals surface area contributed by atoms with E-state index >= 15 is 0 Å². The summed E-state index contributed by atoms with van der Waals surface area (Å²) in [6.07, 6.45) is 9.19. The van der Waals surface area contributed by atoms with Gasteiger partial charge in [-0.05, 0) is 38.2 Å². The van der Waals surface area contributed by atoms with Gasteiger partial charge in [-0.15, -0.1) is 0 Å². The van der Waals surface area contributed by atoms with E-state index in [2.05, 4.69) is 13.0 Å². The summed E-state index contributed by atoms with van der Waals surface area (Å²) in [6, 6.07) is 0. The van der Waals surface area contributed by atoms with Crippen molar-refractivity contribution in [1.29, 1.82) is 0 Å². The molecule has 0 aromatic heterocycles. The summed E-state index contributed by atoms with van der Waals surface area (Å²) in [7, 11) is 0. The second-order valence-electron chi connectivity index (χ2n) is 4.08. The summed E-state index contributed by atoms with van der Waals surface area (Å²) < 4.78 is 5.36. The molecule has 13 heavy (non-hydrogen) atoms. The van der Waals surface area contributed by atoms with Crippen LogP contribution in [-0.2, 0) is 9.53 Å². The Morgan fingerprint density at radius 1 is 1.62 bits per heavy atom. The molecule has 0 aromatic carbocycles. The molecule has 0 saturated carbocycles. The van der Waals surface area contributed by atoms with Crippen LogP contribution in [0.5, 0.6) is 0 Å². The largest absolute Gasteiger partial charge is 0.458 e. The molecule has 2 nitrogen and oxygen atoms in total. The van der Waals surface area contributed by atoms with Gasteiger partial charge < -0.3 is 4.74 Å². The molecule has 2 atom stereocenters. The van der Waals surface area contributed by atoms with Crippen molar-refractivity contribution >= 4 is 5.97 Å². The molecule has 2 aliphatic heterocycles. The molecular weight excluding hydrogens is 164 g/mol. The fraction of sp³-hybridized carbons (Fsp3) is 0.727. The van der Waals surface area contributed by atoms with E-state index in [9.17, 15) is 4.79 Å². The minimum atomic E-state index is -0.152. The van der Waals surface area contributed by atoms with Crippen LogP contribution in [0.2, 0.25) is 0 Å². The van der Waals surface area contributed by atoms with Crippen LogP contribution in [0, 0.1) is 5.41 Å². The van der Waals surface area contributed by atoms with Gasteiger partial charge in [0.2, 0.25) is 0 Å². The van der Waals surface area contributed by atoms with E-state index in [-0.39, 0.29) is 17.5 Å². The van der Waals surface area contributed by atoms with Gasteiger partial charge in [0.25, 0.3) is 0 Å². The highest BCUT2D eigenvalue weighted by molar-refractivity contribution is 5.78. The first-order valence-corrected chi connectivity index (χ1v) is 5.14. The van der Waals surface area contributed by atoms with Crippen molar-refractivity contribution in [3.8, 4) is 0 Å².